The van der Waals surface area contributed by atoms with E-state index in [1.807, 2.05) is 23.8 Å². The molecular formula is C8H14O4S2. The van der Waals surface area contributed by atoms with Crippen LogP contribution in [0.5, 0.6) is 0 Å². The minimum atomic E-state index is -3.67. The Bertz CT molecular complexity index is 320. The summed E-state index contributed by atoms with van der Waals surface area (Å²) in [6.07, 6.45) is 1.26. The van der Waals surface area contributed by atoms with Crippen molar-refractivity contribution in [2.24, 2.45) is 0 Å². The van der Waals surface area contributed by atoms with E-state index in [4.69, 9.17) is 4.55 Å². The van der Waals surface area contributed by atoms with E-state index in [-0.39, 0.29) is 6.10 Å². The van der Waals surface area contributed by atoms with Crippen molar-refractivity contribution in [1.82, 2.24) is 0 Å². The van der Waals surface area contributed by atoms with Crippen LogP contribution in [0.4, 0.5) is 0 Å². The first-order valence-electron chi connectivity index (χ1n) is 3.97. The van der Waals surface area contributed by atoms with Crippen LogP contribution in [-0.4, -0.2) is 24.3 Å². The van der Waals surface area contributed by atoms with Crippen LogP contribution < -0.4 is 0 Å². The highest BCUT2D eigenvalue weighted by atomic mass is 32.2. The molecule has 0 radical (unpaired) electrons. The zero-order valence-corrected chi connectivity index (χ0v) is 9.68. The monoisotopic (exact) mass is 238 g/mol. The van der Waals surface area contributed by atoms with Crippen molar-refractivity contribution in [2.75, 3.05) is 6.26 Å². The number of thiophene rings is 1. The molecule has 82 valence electrons. The summed E-state index contributed by atoms with van der Waals surface area (Å²) >= 11 is 1.62. The molecule has 0 spiro atoms. The average Bonchev–Trinajstić information content (AvgIpc) is 2.51. The Morgan fingerprint density at radius 1 is 1.57 bits per heavy atom. The van der Waals surface area contributed by atoms with Crippen molar-refractivity contribution in [3.63, 3.8) is 0 Å². The fourth-order valence-corrected chi connectivity index (χ4v) is 1.41. The highest BCUT2D eigenvalue weighted by molar-refractivity contribution is 7.85. The summed E-state index contributed by atoms with van der Waals surface area (Å²) in [4.78, 5) is 0. The van der Waals surface area contributed by atoms with Gasteiger partial charge in [-0.25, -0.2) is 0 Å². The molecule has 0 bridgehead atoms. The molecular weight excluding hydrogens is 224 g/mol. The molecule has 1 aromatic heterocycles. The third kappa shape index (κ3) is 8.18. The number of rotatable bonds is 2. The van der Waals surface area contributed by atoms with Crippen molar-refractivity contribution in [3.05, 3.63) is 22.4 Å². The van der Waals surface area contributed by atoms with Crippen molar-refractivity contribution in [2.45, 2.75) is 19.4 Å². The first-order chi connectivity index (χ1) is 6.34. The average molecular weight is 238 g/mol. The Hall–Kier alpha value is -0.430. The van der Waals surface area contributed by atoms with E-state index in [2.05, 4.69) is 0 Å². The molecule has 14 heavy (non-hydrogen) atoms. The van der Waals surface area contributed by atoms with Gasteiger partial charge in [-0.05, 0) is 28.8 Å². The Labute approximate surface area is 88.0 Å². The maximum atomic E-state index is 9.22. The number of aliphatic hydroxyl groups excluding tert-OH is 1. The van der Waals surface area contributed by atoms with Crippen LogP contribution in [-0.2, 0) is 10.1 Å². The van der Waals surface area contributed by atoms with Gasteiger partial charge in [-0.3, -0.25) is 4.55 Å². The third-order valence-corrected chi connectivity index (χ3v) is 2.02. The zero-order valence-electron chi connectivity index (χ0n) is 8.04. The first kappa shape index (κ1) is 13.6. The summed E-state index contributed by atoms with van der Waals surface area (Å²) in [5.74, 6) is 0. The molecule has 2 N–H and O–H groups in total. The normalized spacial score (nSPS) is 12.9. The maximum absolute atomic E-state index is 9.22. The summed E-state index contributed by atoms with van der Waals surface area (Å²) in [5, 5.41) is 13.2. The third-order valence-electron chi connectivity index (χ3n) is 1.31. The molecule has 0 aliphatic heterocycles. The van der Waals surface area contributed by atoms with Crippen LogP contribution in [0.25, 0.3) is 0 Å². The van der Waals surface area contributed by atoms with E-state index >= 15 is 0 Å². The molecule has 6 heteroatoms. The molecule has 1 aromatic rings. The molecule has 0 saturated carbocycles. The second-order valence-corrected chi connectivity index (χ2v) is 4.96. The van der Waals surface area contributed by atoms with Gasteiger partial charge in [-0.2, -0.15) is 19.8 Å². The Morgan fingerprint density at radius 3 is 2.36 bits per heavy atom. The lowest BCUT2D eigenvalue weighted by Gasteiger charge is -2.01. The molecule has 0 aromatic carbocycles. The summed E-state index contributed by atoms with van der Waals surface area (Å²) in [6, 6.07) is 1.96. The van der Waals surface area contributed by atoms with Crippen molar-refractivity contribution < 1.29 is 18.1 Å². The maximum Gasteiger partial charge on any atom is 0.261 e. The first-order valence-corrected chi connectivity index (χ1v) is 6.76. The van der Waals surface area contributed by atoms with E-state index in [1.54, 1.807) is 11.3 Å². The van der Waals surface area contributed by atoms with Crippen LogP contribution in [0.2, 0.25) is 0 Å². The lowest BCUT2D eigenvalue weighted by Crippen LogP contribution is -1.90. The predicted molar refractivity (Wildman–Crippen MR) is 57.0 cm³/mol. The van der Waals surface area contributed by atoms with Crippen molar-refractivity contribution >= 4 is 21.5 Å². The number of hydrogen-bond donors (Lipinski definition) is 2. The van der Waals surface area contributed by atoms with Gasteiger partial charge < -0.3 is 5.11 Å². The molecule has 0 aliphatic carbocycles. The summed E-state index contributed by atoms with van der Waals surface area (Å²) < 4.78 is 25.9. The molecule has 1 unspecified atom stereocenters. The van der Waals surface area contributed by atoms with Gasteiger partial charge in [-0.1, -0.05) is 6.92 Å². The predicted octanol–water partition coefficient (Wildman–Crippen LogP) is 1.70. The minimum Gasteiger partial charge on any atom is -0.388 e. The van der Waals surface area contributed by atoms with E-state index < -0.39 is 10.1 Å². The lowest BCUT2D eigenvalue weighted by atomic mass is 10.1. The largest absolute Gasteiger partial charge is 0.388 e. The van der Waals surface area contributed by atoms with E-state index in [0.717, 1.165) is 12.0 Å². The topological polar surface area (TPSA) is 74.6 Å². The van der Waals surface area contributed by atoms with Crippen molar-refractivity contribution in [1.29, 1.82) is 0 Å². The molecule has 0 aliphatic rings. The number of hydrogen-bond acceptors (Lipinski definition) is 4. The SMILES string of the molecule is CCC(O)c1ccsc1.CS(=O)(=O)O. The standard InChI is InChI=1S/C7H10OS.CH4O3S/c1-2-7(8)6-3-4-9-5-6;1-5(2,3)4/h3-5,7-8H,2H2,1H3;1H3,(H,2,3,4). The molecule has 0 amide bonds. The molecule has 0 fully saturated rings. The molecule has 1 heterocycles. The van der Waals surface area contributed by atoms with Crippen LogP contribution in [0.3, 0.4) is 0 Å². The Balaban J connectivity index is 0.000000292. The number of aliphatic hydroxyl groups is 1. The van der Waals surface area contributed by atoms with Gasteiger partial charge in [0, 0.05) is 0 Å². The van der Waals surface area contributed by atoms with Gasteiger partial charge >= 0.3 is 0 Å². The molecule has 1 rings (SSSR count). The highest BCUT2D eigenvalue weighted by Gasteiger charge is 2.02. The van der Waals surface area contributed by atoms with Crippen LogP contribution in [0.1, 0.15) is 25.0 Å². The van der Waals surface area contributed by atoms with Gasteiger partial charge in [0.05, 0.1) is 12.4 Å². The van der Waals surface area contributed by atoms with Crippen LogP contribution >= 0.6 is 11.3 Å². The smallest absolute Gasteiger partial charge is 0.261 e. The van der Waals surface area contributed by atoms with E-state index in [9.17, 15) is 13.5 Å². The lowest BCUT2D eigenvalue weighted by molar-refractivity contribution is 0.174. The van der Waals surface area contributed by atoms with Gasteiger partial charge in [0.2, 0.25) is 0 Å². The van der Waals surface area contributed by atoms with Gasteiger partial charge in [-0.15, -0.1) is 0 Å². The van der Waals surface area contributed by atoms with Crippen LogP contribution in [0, 0.1) is 0 Å². The van der Waals surface area contributed by atoms with Crippen LogP contribution in [0.15, 0.2) is 16.8 Å². The highest BCUT2D eigenvalue weighted by Crippen LogP contribution is 2.17. The minimum absolute atomic E-state index is 0.253. The summed E-state index contributed by atoms with van der Waals surface area (Å²) in [6.45, 7) is 1.97. The second-order valence-electron chi connectivity index (χ2n) is 2.71. The molecule has 1 atom stereocenters. The zero-order chi connectivity index (χ0) is 11.2. The van der Waals surface area contributed by atoms with Gasteiger partial charge in [0.1, 0.15) is 0 Å². The Kier molecular flexibility index (Phi) is 5.94. The van der Waals surface area contributed by atoms with Crippen molar-refractivity contribution in [3.8, 4) is 0 Å². The fourth-order valence-electron chi connectivity index (χ4n) is 0.700. The molecule has 4 nitrogen and oxygen atoms in total. The van der Waals surface area contributed by atoms with Gasteiger partial charge in [0.25, 0.3) is 10.1 Å². The fraction of sp³-hybridized carbons (Fsp3) is 0.500. The quantitative estimate of drug-likeness (QED) is 0.769. The summed E-state index contributed by atoms with van der Waals surface area (Å²) in [7, 11) is -3.67. The van der Waals surface area contributed by atoms with Gasteiger partial charge in [0.15, 0.2) is 0 Å². The molecule has 0 saturated heterocycles. The Morgan fingerprint density at radius 2 is 2.07 bits per heavy atom. The van der Waals surface area contributed by atoms with E-state index in [1.165, 1.54) is 0 Å². The summed E-state index contributed by atoms with van der Waals surface area (Å²) in [5.41, 5.74) is 1.04. The van der Waals surface area contributed by atoms with E-state index in [0.29, 0.717) is 6.26 Å². The second kappa shape index (κ2) is 6.13.